The van der Waals surface area contributed by atoms with Crippen molar-refractivity contribution in [2.45, 2.75) is 12.7 Å². The topological polar surface area (TPSA) is 31.2 Å². The van der Waals surface area contributed by atoms with Crippen LogP contribution in [-0.2, 0) is 17.5 Å². The maximum absolute atomic E-state index is 12.9. The van der Waals surface area contributed by atoms with Gasteiger partial charge in [0.2, 0.25) is 0 Å². The summed E-state index contributed by atoms with van der Waals surface area (Å²) in [5.74, 6) is -0.560. The fourth-order valence-corrected chi connectivity index (χ4v) is 3.46. The molecule has 3 nitrogen and oxygen atoms in total. The highest BCUT2D eigenvalue weighted by Gasteiger charge is 2.30. The van der Waals surface area contributed by atoms with Gasteiger partial charge in [0.05, 0.1) is 22.7 Å². The Labute approximate surface area is 150 Å². The summed E-state index contributed by atoms with van der Waals surface area (Å²) >= 11 is 3.40. The maximum Gasteiger partial charge on any atom is 0.416 e. The van der Waals surface area contributed by atoms with Gasteiger partial charge < -0.3 is 9.30 Å². The van der Waals surface area contributed by atoms with Crippen LogP contribution in [-0.4, -0.2) is 17.6 Å². The van der Waals surface area contributed by atoms with Gasteiger partial charge >= 0.3 is 12.1 Å². The van der Waals surface area contributed by atoms with Gasteiger partial charge in [-0.15, -0.1) is 0 Å². The zero-order chi connectivity index (χ0) is 18.2. The minimum absolute atomic E-state index is 0.112. The largest absolute Gasteiger partial charge is 0.464 e. The first-order chi connectivity index (χ1) is 11.8. The van der Waals surface area contributed by atoms with Gasteiger partial charge in [-0.3, -0.25) is 0 Å². The molecule has 1 aromatic heterocycles. The first kappa shape index (κ1) is 17.5. The van der Waals surface area contributed by atoms with Crippen molar-refractivity contribution >= 4 is 32.8 Å². The number of aromatic nitrogens is 1. The molecule has 3 rings (SSSR count). The average molecular weight is 412 g/mol. The smallest absolute Gasteiger partial charge is 0.416 e. The summed E-state index contributed by atoms with van der Waals surface area (Å²) in [5, 5.41) is 0.787. The molecule has 0 atom stereocenters. The Morgan fingerprint density at radius 3 is 2.56 bits per heavy atom. The average Bonchev–Trinajstić information content (AvgIpc) is 2.86. The van der Waals surface area contributed by atoms with E-state index < -0.39 is 17.7 Å². The summed E-state index contributed by atoms with van der Waals surface area (Å²) in [6.07, 6.45) is -4.42. The van der Waals surface area contributed by atoms with Crippen LogP contribution in [0.2, 0.25) is 0 Å². The van der Waals surface area contributed by atoms with E-state index >= 15 is 0 Å². The summed E-state index contributed by atoms with van der Waals surface area (Å²) in [6, 6.07) is 12.3. The molecule has 0 radical (unpaired) electrons. The number of carbonyl (C=O) groups excluding carboxylic acids is 1. The summed E-state index contributed by atoms with van der Waals surface area (Å²) in [5.41, 5.74) is 0.710. The Morgan fingerprint density at radius 2 is 1.88 bits per heavy atom. The van der Waals surface area contributed by atoms with Crippen molar-refractivity contribution in [1.29, 1.82) is 0 Å². The van der Waals surface area contributed by atoms with E-state index in [-0.39, 0.29) is 12.2 Å². The molecule has 7 heteroatoms. The SMILES string of the molecule is COC(=O)c1c(Br)c2ccccc2n1Cc1cccc(C(F)(F)F)c1. The predicted molar refractivity (Wildman–Crippen MR) is 91.5 cm³/mol. The number of alkyl halides is 3. The quantitative estimate of drug-likeness (QED) is 0.550. The third-order valence-corrected chi connectivity index (χ3v) is 4.69. The van der Waals surface area contributed by atoms with Crippen LogP contribution in [0, 0.1) is 0 Å². The van der Waals surface area contributed by atoms with Gasteiger partial charge in [0, 0.05) is 11.9 Å². The molecule has 25 heavy (non-hydrogen) atoms. The van der Waals surface area contributed by atoms with Gasteiger partial charge in [-0.05, 0) is 39.7 Å². The number of halogens is 4. The summed E-state index contributed by atoms with van der Waals surface area (Å²) in [6.45, 7) is 0.112. The van der Waals surface area contributed by atoms with Gasteiger partial charge in [0.15, 0.2) is 0 Å². The van der Waals surface area contributed by atoms with Crippen LogP contribution >= 0.6 is 15.9 Å². The number of ether oxygens (including phenoxy) is 1. The first-order valence-corrected chi connectivity index (χ1v) is 8.13. The van der Waals surface area contributed by atoms with Crippen molar-refractivity contribution in [3.8, 4) is 0 Å². The molecule has 0 aliphatic carbocycles. The Balaban J connectivity index is 2.14. The van der Waals surface area contributed by atoms with Gasteiger partial charge in [0.1, 0.15) is 5.69 Å². The van der Waals surface area contributed by atoms with E-state index in [0.717, 1.165) is 23.0 Å². The molecule has 0 saturated heterocycles. The van der Waals surface area contributed by atoms with Crippen LogP contribution in [0.15, 0.2) is 53.0 Å². The van der Waals surface area contributed by atoms with Crippen LogP contribution in [0.1, 0.15) is 21.6 Å². The standard InChI is InChI=1S/C18H13BrF3NO2/c1-25-17(24)16-15(19)13-7-2-3-8-14(13)23(16)10-11-5-4-6-12(9-11)18(20,21)22/h2-9H,10H2,1H3. The second-order valence-corrected chi connectivity index (χ2v) is 6.25. The zero-order valence-corrected chi connectivity index (χ0v) is 14.7. The predicted octanol–water partition coefficient (Wildman–Crippen LogP) is 5.26. The number of esters is 1. The lowest BCUT2D eigenvalue weighted by Gasteiger charge is -2.12. The molecule has 2 aromatic carbocycles. The Kier molecular flexibility index (Phi) is 4.60. The van der Waals surface area contributed by atoms with Crippen molar-refractivity contribution in [1.82, 2.24) is 4.57 Å². The minimum atomic E-state index is -4.42. The molecule has 0 fully saturated rings. The molecule has 0 spiro atoms. The molecule has 1 heterocycles. The normalized spacial score (nSPS) is 11.7. The lowest BCUT2D eigenvalue weighted by atomic mass is 10.1. The number of benzene rings is 2. The van der Waals surface area contributed by atoms with E-state index in [9.17, 15) is 18.0 Å². The number of hydrogen-bond acceptors (Lipinski definition) is 2. The number of para-hydroxylation sites is 1. The Morgan fingerprint density at radius 1 is 1.16 bits per heavy atom. The summed E-state index contributed by atoms with van der Waals surface area (Å²) in [7, 11) is 1.26. The van der Waals surface area contributed by atoms with Crippen LogP contribution < -0.4 is 0 Å². The van der Waals surface area contributed by atoms with Crippen LogP contribution in [0.3, 0.4) is 0 Å². The van der Waals surface area contributed by atoms with Crippen LogP contribution in [0.25, 0.3) is 10.9 Å². The molecule has 0 amide bonds. The van der Waals surface area contributed by atoms with E-state index in [1.807, 2.05) is 12.1 Å². The molecular weight excluding hydrogens is 399 g/mol. The van der Waals surface area contributed by atoms with Gasteiger partial charge in [-0.2, -0.15) is 13.2 Å². The number of fused-ring (bicyclic) bond motifs is 1. The van der Waals surface area contributed by atoms with Crippen LogP contribution in [0.5, 0.6) is 0 Å². The lowest BCUT2D eigenvalue weighted by molar-refractivity contribution is -0.137. The maximum atomic E-state index is 12.9. The third kappa shape index (κ3) is 3.28. The van der Waals surface area contributed by atoms with E-state index in [0.29, 0.717) is 10.0 Å². The number of hydrogen-bond donors (Lipinski definition) is 0. The van der Waals surface area contributed by atoms with E-state index in [1.54, 1.807) is 22.8 Å². The van der Waals surface area contributed by atoms with Gasteiger partial charge in [0.25, 0.3) is 0 Å². The van der Waals surface area contributed by atoms with Crippen molar-refractivity contribution in [3.63, 3.8) is 0 Å². The van der Waals surface area contributed by atoms with Gasteiger partial charge in [-0.25, -0.2) is 4.79 Å². The first-order valence-electron chi connectivity index (χ1n) is 7.34. The number of nitrogens with zero attached hydrogens (tertiary/aromatic N) is 1. The molecular formula is C18H13BrF3NO2. The van der Waals surface area contributed by atoms with Gasteiger partial charge in [-0.1, -0.05) is 30.3 Å². The molecule has 0 aliphatic rings. The Bertz CT molecular complexity index is 947. The molecule has 130 valence electrons. The van der Waals surface area contributed by atoms with Crippen LogP contribution in [0.4, 0.5) is 13.2 Å². The highest BCUT2D eigenvalue weighted by molar-refractivity contribution is 9.10. The van der Waals surface area contributed by atoms with E-state index in [2.05, 4.69) is 15.9 Å². The molecule has 0 N–H and O–H groups in total. The second kappa shape index (κ2) is 6.55. The fraction of sp³-hybridized carbons (Fsp3) is 0.167. The third-order valence-electron chi connectivity index (χ3n) is 3.88. The van der Waals surface area contributed by atoms with E-state index in [1.165, 1.54) is 13.2 Å². The van der Waals surface area contributed by atoms with Crippen molar-refractivity contribution in [2.75, 3.05) is 7.11 Å². The second-order valence-electron chi connectivity index (χ2n) is 5.46. The molecule has 0 bridgehead atoms. The summed E-state index contributed by atoms with van der Waals surface area (Å²) in [4.78, 5) is 12.2. The number of rotatable bonds is 3. The van der Waals surface area contributed by atoms with Crippen molar-refractivity contribution < 1.29 is 22.7 Å². The minimum Gasteiger partial charge on any atom is -0.464 e. The van der Waals surface area contributed by atoms with Crippen molar-refractivity contribution in [3.05, 3.63) is 69.8 Å². The number of carbonyl (C=O) groups is 1. The lowest BCUT2D eigenvalue weighted by Crippen LogP contribution is -2.13. The molecule has 0 unspecified atom stereocenters. The van der Waals surface area contributed by atoms with E-state index in [4.69, 9.17) is 4.74 Å². The molecule has 3 aromatic rings. The number of methoxy groups -OCH3 is 1. The Hall–Kier alpha value is -2.28. The fourth-order valence-electron chi connectivity index (χ4n) is 2.75. The monoisotopic (exact) mass is 411 g/mol. The molecule has 0 saturated carbocycles. The highest BCUT2D eigenvalue weighted by atomic mass is 79.9. The summed E-state index contributed by atoms with van der Waals surface area (Å²) < 4.78 is 45.9. The zero-order valence-electron chi connectivity index (χ0n) is 13.1. The molecule has 0 aliphatic heterocycles. The van der Waals surface area contributed by atoms with Crippen molar-refractivity contribution in [2.24, 2.45) is 0 Å². The highest BCUT2D eigenvalue weighted by Crippen LogP contribution is 2.33.